The van der Waals surface area contributed by atoms with Crippen LogP contribution in [0.25, 0.3) is 0 Å². The first-order valence-corrected chi connectivity index (χ1v) is 7.33. The number of Topliss-reactive ketones (excluding diaryl/α,β-unsaturated/α-hetero) is 1. The van der Waals surface area contributed by atoms with E-state index in [4.69, 9.17) is 9.47 Å². The van der Waals surface area contributed by atoms with Gasteiger partial charge in [-0.2, -0.15) is 5.26 Å². The quantitative estimate of drug-likeness (QED) is 0.630. The molecule has 0 radical (unpaired) electrons. The molecule has 1 aliphatic rings. The summed E-state index contributed by atoms with van der Waals surface area (Å²) in [5.41, 5.74) is -0.814. The predicted molar refractivity (Wildman–Crippen MR) is 79.3 cm³/mol. The van der Waals surface area contributed by atoms with Crippen molar-refractivity contribution in [2.24, 2.45) is 5.92 Å². The molecular weight excluding hydrogens is 282 g/mol. The van der Waals surface area contributed by atoms with Gasteiger partial charge in [-0.05, 0) is 37.5 Å². The highest BCUT2D eigenvalue weighted by molar-refractivity contribution is 6.10. The van der Waals surface area contributed by atoms with Crippen LogP contribution in [-0.2, 0) is 19.7 Å². The number of nitrogens with zero attached hydrogens (tertiary/aromatic N) is 1. The normalized spacial score (nSPS) is 24.4. The van der Waals surface area contributed by atoms with Gasteiger partial charge in [-0.3, -0.25) is 9.59 Å². The van der Waals surface area contributed by atoms with E-state index in [2.05, 4.69) is 6.07 Å². The van der Waals surface area contributed by atoms with Crippen LogP contribution in [0, 0.1) is 17.2 Å². The molecule has 116 valence electrons. The van der Waals surface area contributed by atoms with Gasteiger partial charge in [0.25, 0.3) is 0 Å². The summed E-state index contributed by atoms with van der Waals surface area (Å²) >= 11 is 0. The van der Waals surface area contributed by atoms with Crippen LogP contribution in [0.2, 0.25) is 0 Å². The highest BCUT2D eigenvalue weighted by atomic mass is 16.5. The van der Waals surface area contributed by atoms with E-state index in [1.165, 1.54) is 7.11 Å². The first-order chi connectivity index (χ1) is 10.6. The van der Waals surface area contributed by atoms with Crippen LogP contribution in [0.5, 0.6) is 5.75 Å². The van der Waals surface area contributed by atoms with Crippen molar-refractivity contribution in [2.75, 3.05) is 13.7 Å². The molecule has 1 fully saturated rings. The number of hydrogen-bond donors (Lipinski definition) is 0. The molecule has 0 bridgehead atoms. The number of carbonyl (C=O) groups is 2. The summed E-state index contributed by atoms with van der Waals surface area (Å²) in [6, 6.07) is 9.05. The molecule has 1 saturated carbocycles. The van der Waals surface area contributed by atoms with Gasteiger partial charge in [0.1, 0.15) is 5.75 Å². The molecule has 0 amide bonds. The molecule has 5 heteroatoms. The maximum Gasteiger partial charge on any atom is 0.323 e. The Bertz CT molecular complexity index is 592. The zero-order chi connectivity index (χ0) is 16.2. The SMILES string of the molecule is CCOc1ccc(C2(C(=O)OC)CC(C#N)CCC2=O)cc1. The molecule has 0 saturated heterocycles. The van der Waals surface area contributed by atoms with E-state index < -0.39 is 11.4 Å². The number of methoxy groups -OCH3 is 1. The highest BCUT2D eigenvalue weighted by Crippen LogP contribution is 2.41. The second kappa shape index (κ2) is 6.61. The Balaban J connectivity index is 2.47. The summed E-state index contributed by atoms with van der Waals surface area (Å²) in [4.78, 5) is 24.9. The first kappa shape index (κ1) is 16.0. The van der Waals surface area contributed by atoms with Gasteiger partial charge in [0.15, 0.2) is 11.2 Å². The number of esters is 1. The molecule has 0 heterocycles. The van der Waals surface area contributed by atoms with E-state index in [0.29, 0.717) is 24.3 Å². The Labute approximate surface area is 129 Å². The van der Waals surface area contributed by atoms with Gasteiger partial charge in [-0.15, -0.1) is 0 Å². The maximum absolute atomic E-state index is 12.5. The monoisotopic (exact) mass is 301 g/mol. The minimum Gasteiger partial charge on any atom is -0.494 e. The lowest BCUT2D eigenvalue weighted by atomic mass is 9.65. The van der Waals surface area contributed by atoms with Crippen LogP contribution < -0.4 is 4.74 Å². The van der Waals surface area contributed by atoms with Crippen molar-refractivity contribution in [1.29, 1.82) is 5.26 Å². The number of ether oxygens (including phenoxy) is 2. The third-order valence-corrected chi connectivity index (χ3v) is 4.12. The van der Waals surface area contributed by atoms with Crippen molar-refractivity contribution in [3.8, 4) is 11.8 Å². The lowest BCUT2D eigenvalue weighted by Gasteiger charge is -2.35. The number of nitriles is 1. The van der Waals surface area contributed by atoms with Crippen molar-refractivity contribution < 1.29 is 19.1 Å². The highest BCUT2D eigenvalue weighted by Gasteiger charge is 2.51. The maximum atomic E-state index is 12.5. The van der Waals surface area contributed by atoms with Crippen LogP contribution in [0.15, 0.2) is 24.3 Å². The predicted octanol–water partition coefficient (Wildman–Crippen LogP) is 2.39. The molecule has 1 aromatic carbocycles. The van der Waals surface area contributed by atoms with Gasteiger partial charge >= 0.3 is 5.97 Å². The van der Waals surface area contributed by atoms with Crippen LogP contribution in [-0.4, -0.2) is 25.5 Å². The summed E-state index contributed by atoms with van der Waals surface area (Å²) in [5.74, 6) is -0.439. The fourth-order valence-corrected chi connectivity index (χ4v) is 2.98. The minimum absolute atomic E-state index is 0.170. The van der Waals surface area contributed by atoms with E-state index in [-0.39, 0.29) is 24.5 Å². The summed E-state index contributed by atoms with van der Waals surface area (Å²) in [5, 5.41) is 9.19. The molecule has 1 aromatic rings. The van der Waals surface area contributed by atoms with Crippen molar-refractivity contribution >= 4 is 11.8 Å². The van der Waals surface area contributed by atoms with Crippen molar-refractivity contribution in [2.45, 2.75) is 31.6 Å². The molecule has 1 aliphatic carbocycles. The van der Waals surface area contributed by atoms with Gasteiger partial charge in [0, 0.05) is 12.3 Å². The summed E-state index contributed by atoms with van der Waals surface area (Å²) < 4.78 is 10.3. The summed E-state index contributed by atoms with van der Waals surface area (Å²) in [6.07, 6.45) is 0.870. The third kappa shape index (κ3) is 2.69. The van der Waals surface area contributed by atoms with E-state index in [1.807, 2.05) is 6.92 Å². The van der Waals surface area contributed by atoms with Crippen molar-refractivity contribution in [3.05, 3.63) is 29.8 Å². The second-order valence-electron chi connectivity index (χ2n) is 5.35. The Morgan fingerprint density at radius 1 is 1.41 bits per heavy atom. The standard InChI is InChI=1S/C17H19NO4/c1-3-22-14-7-5-13(6-8-14)17(16(20)21-2)10-12(11-18)4-9-15(17)19/h5-8,12H,3-4,9-10H2,1-2H3. The fourth-order valence-electron chi connectivity index (χ4n) is 2.98. The number of benzene rings is 1. The number of hydrogen-bond acceptors (Lipinski definition) is 5. The third-order valence-electron chi connectivity index (χ3n) is 4.12. The largest absolute Gasteiger partial charge is 0.494 e. The van der Waals surface area contributed by atoms with E-state index in [1.54, 1.807) is 24.3 Å². The number of rotatable bonds is 4. The van der Waals surface area contributed by atoms with Gasteiger partial charge in [-0.25, -0.2) is 0 Å². The molecule has 2 atom stereocenters. The molecule has 22 heavy (non-hydrogen) atoms. The van der Waals surface area contributed by atoms with Crippen LogP contribution >= 0.6 is 0 Å². The molecule has 0 N–H and O–H groups in total. The van der Waals surface area contributed by atoms with Crippen LogP contribution in [0.3, 0.4) is 0 Å². The zero-order valence-electron chi connectivity index (χ0n) is 12.8. The average Bonchev–Trinajstić information content (AvgIpc) is 2.56. The van der Waals surface area contributed by atoms with Gasteiger partial charge < -0.3 is 9.47 Å². The lowest BCUT2D eigenvalue weighted by molar-refractivity contribution is -0.154. The Kier molecular flexibility index (Phi) is 4.81. The topological polar surface area (TPSA) is 76.4 Å². The average molecular weight is 301 g/mol. The fraction of sp³-hybridized carbons (Fsp3) is 0.471. The zero-order valence-corrected chi connectivity index (χ0v) is 12.8. The molecule has 2 unspecified atom stereocenters. The summed E-state index contributed by atoms with van der Waals surface area (Å²) in [6.45, 7) is 2.42. The van der Waals surface area contributed by atoms with E-state index in [0.717, 1.165) is 0 Å². The van der Waals surface area contributed by atoms with E-state index in [9.17, 15) is 14.9 Å². The Hall–Kier alpha value is -2.35. The van der Waals surface area contributed by atoms with Crippen LogP contribution in [0.4, 0.5) is 0 Å². The summed E-state index contributed by atoms with van der Waals surface area (Å²) in [7, 11) is 1.27. The molecule has 5 nitrogen and oxygen atoms in total. The minimum atomic E-state index is -1.38. The number of carbonyl (C=O) groups excluding carboxylic acids is 2. The van der Waals surface area contributed by atoms with Crippen LogP contribution in [0.1, 0.15) is 31.7 Å². The number of ketones is 1. The molecule has 0 aliphatic heterocycles. The molecule has 0 aromatic heterocycles. The lowest BCUT2D eigenvalue weighted by Crippen LogP contribution is -2.48. The van der Waals surface area contributed by atoms with E-state index >= 15 is 0 Å². The Morgan fingerprint density at radius 2 is 2.09 bits per heavy atom. The molecular formula is C17H19NO4. The second-order valence-corrected chi connectivity index (χ2v) is 5.35. The molecule has 2 rings (SSSR count). The first-order valence-electron chi connectivity index (χ1n) is 7.33. The van der Waals surface area contributed by atoms with Crippen molar-refractivity contribution in [1.82, 2.24) is 0 Å². The van der Waals surface area contributed by atoms with Gasteiger partial charge in [0.05, 0.1) is 19.8 Å². The molecule has 0 spiro atoms. The smallest absolute Gasteiger partial charge is 0.323 e. The van der Waals surface area contributed by atoms with Gasteiger partial charge in [0.2, 0.25) is 0 Å². The van der Waals surface area contributed by atoms with Crippen molar-refractivity contribution in [3.63, 3.8) is 0 Å². The van der Waals surface area contributed by atoms with Gasteiger partial charge in [-0.1, -0.05) is 12.1 Å². The Morgan fingerprint density at radius 3 is 2.64 bits per heavy atom.